The lowest BCUT2D eigenvalue weighted by Gasteiger charge is -2.31. The third-order valence-electron chi connectivity index (χ3n) is 11.2. The quantitative estimate of drug-likeness (QED) is 0.0604. The summed E-state index contributed by atoms with van der Waals surface area (Å²) in [4.78, 5) is 81.7. The maximum absolute atomic E-state index is 15.3. The number of alkyl carbamates (subject to hydrolysis) is 2. The first kappa shape index (κ1) is 42.6. The number of esters is 1. The van der Waals surface area contributed by atoms with E-state index in [4.69, 9.17) is 24.9 Å². The number of aliphatic hydroxyl groups is 1. The van der Waals surface area contributed by atoms with Crippen LogP contribution in [0.1, 0.15) is 98.4 Å². The van der Waals surface area contributed by atoms with Crippen LogP contribution in [0.3, 0.4) is 0 Å². The van der Waals surface area contributed by atoms with Crippen LogP contribution in [0, 0.1) is 12.7 Å². The third kappa shape index (κ3) is 8.44. The van der Waals surface area contributed by atoms with E-state index in [9.17, 15) is 33.9 Å². The summed E-state index contributed by atoms with van der Waals surface area (Å²) < 4.78 is 33.0. The minimum atomic E-state index is -2.02. The molecule has 2 aromatic carbocycles. The molecule has 7 rings (SSSR count). The molecule has 1 aliphatic carbocycles. The molecule has 61 heavy (non-hydrogen) atoms. The number of aryl methyl sites for hydroxylation is 1. The van der Waals surface area contributed by atoms with E-state index in [0.29, 0.717) is 69.5 Å². The Morgan fingerprint density at radius 2 is 1.84 bits per heavy atom. The Bertz CT molecular complexity index is 2530. The van der Waals surface area contributed by atoms with Crippen LogP contribution in [0.25, 0.3) is 22.3 Å². The Labute approximate surface area is 349 Å². The minimum absolute atomic E-state index is 0.0246. The number of cyclic esters (lactones) is 1. The molecule has 5 amide bonds. The molecule has 0 fully saturated rings. The second-order valence-corrected chi connectivity index (χ2v) is 16.4. The van der Waals surface area contributed by atoms with Crippen molar-refractivity contribution in [3.63, 3.8) is 0 Å². The number of benzene rings is 2. The topological polar surface area (TPSA) is 242 Å². The predicted octanol–water partition coefficient (Wildman–Crippen LogP) is 4.72. The second kappa shape index (κ2) is 16.5. The highest BCUT2D eigenvalue weighted by molar-refractivity contribution is 5.97. The van der Waals surface area contributed by atoms with Crippen molar-refractivity contribution >= 4 is 46.7 Å². The SMILES string of the molecule is CC[C@@]1(O)C(=O)OCc2c1cc1n(c2=O)Cc2c-1nc1cc(F)c(C)c3c1c2[C@@H](NC(=O)OCc1ccc(NC(=O)[C@H](CCCNC(N)=O)NC(=O)OC(C)(C)C)cc1)CC3. The van der Waals surface area contributed by atoms with E-state index in [2.05, 4.69) is 21.3 Å². The number of nitrogens with two attached hydrogens (primary N) is 1. The van der Waals surface area contributed by atoms with Crippen molar-refractivity contribution in [2.45, 2.75) is 110 Å². The Kier molecular flexibility index (Phi) is 11.5. The van der Waals surface area contributed by atoms with Gasteiger partial charge in [-0.3, -0.25) is 9.59 Å². The highest BCUT2D eigenvalue weighted by Crippen LogP contribution is 2.46. The molecule has 0 bridgehead atoms. The maximum atomic E-state index is 15.3. The monoisotopic (exact) mass is 841 g/mol. The van der Waals surface area contributed by atoms with Crippen molar-refractivity contribution in [1.29, 1.82) is 0 Å². The van der Waals surface area contributed by atoms with Gasteiger partial charge in [-0.2, -0.15) is 0 Å². The molecule has 322 valence electrons. The van der Waals surface area contributed by atoms with Crippen LogP contribution < -0.4 is 32.6 Å². The van der Waals surface area contributed by atoms with Crippen molar-refractivity contribution in [2.75, 3.05) is 11.9 Å². The summed E-state index contributed by atoms with van der Waals surface area (Å²) in [5, 5.41) is 22.8. The van der Waals surface area contributed by atoms with E-state index >= 15 is 4.39 Å². The highest BCUT2D eigenvalue weighted by Gasteiger charge is 2.46. The molecule has 0 radical (unpaired) electrons. The van der Waals surface area contributed by atoms with E-state index in [1.54, 1.807) is 65.0 Å². The lowest BCUT2D eigenvalue weighted by molar-refractivity contribution is -0.172. The lowest BCUT2D eigenvalue weighted by atomic mass is 9.81. The fraction of sp³-hybridized carbons (Fsp3) is 0.419. The van der Waals surface area contributed by atoms with Gasteiger partial charge in [0, 0.05) is 34.8 Å². The average Bonchev–Trinajstić information content (AvgIpc) is 3.57. The fourth-order valence-corrected chi connectivity index (χ4v) is 8.18. The molecular weight excluding hydrogens is 794 g/mol. The Morgan fingerprint density at radius 3 is 2.52 bits per heavy atom. The fourth-order valence-electron chi connectivity index (χ4n) is 8.18. The normalized spacial score (nSPS) is 17.9. The van der Waals surface area contributed by atoms with Gasteiger partial charge in [-0.15, -0.1) is 0 Å². The molecule has 3 aliphatic rings. The van der Waals surface area contributed by atoms with Crippen LogP contribution in [0.2, 0.25) is 0 Å². The number of carbonyl (C=O) groups excluding carboxylic acids is 5. The van der Waals surface area contributed by atoms with Gasteiger partial charge < -0.3 is 50.9 Å². The van der Waals surface area contributed by atoms with Gasteiger partial charge in [0.15, 0.2) is 5.60 Å². The van der Waals surface area contributed by atoms with Gasteiger partial charge in [0.2, 0.25) is 5.91 Å². The molecular formula is C43H48FN7O10. The van der Waals surface area contributed by atoms with Gasteiger partial charge in [-0.05, 0) is 100 Å². The van der Waals surface area contributed by atoms with Gasteiger partial charge in [0.25, 0.3) is 5.56 Å². The van der Waals surface area contributed by atoms with Crippen LogP contribution in [0.5, 0.6) is 0 Å². The first-order valence-corrected chi connectivity index (χ1v) is 20.1. The summed E-state index contributed by atoms with van der Waals surface area (Å²) in [5.41, 5.74) is 6.86. The molecule has 2 aliphatic heterocycles. The van der Waals surface area contributed by atoms with E-state index in [-0.39, 0.29) is 50.3 Å². The standard InChI is InChI=1S/C43H48FN7O10/c1-6-43(58)27-16-32-35-25(18-51(32)37(53)26(27)20-59-38(43)54)34-29(14-13-24-21(2)28(44)17-31(48-35)33(24)34)49-40(56)60-19-22-9-11-23(12-10-22)47-36(52)30(8-7-15-46-39(45)55)50-41(57)61-42(3,4)5/h9-12,16-17,29-30,58H,6-8,13-15,18-20H2,1-5H3,(H,47,52)(H,49,56)(H,50,57)(H3,45,46,55)/t29-,30-,43-/m0/s1. The Morgan fingerprint density at radius 1 is 1.10 bits per heavy atom. The number of aromatic nitrogens is 2. The van der Waals surface area contributed by atoms with E-state index < -0.39 is 64.8 Å². The molecule has 0 saturated heterocycles. The zero-order valence-corrected chi connectivity index (χ0v) is 34.5. The summed E-state index contributed by atoms with van der Waals surface area (Å²) in [5.74, 6) is -1.80. The first-order chi connectivity index (χ1) is 28.9. The number of anilines is 1. The summed E-state index contributed by atoms with van der Waals surface area (Å²) >= 11 is 0. The molecule has 0 spiro atoms. The van der Waals surface area contributed by atoms with Gasteiger partial charge in [0.05, 0.1) is 35.1 Å². The molecule has 17 nitrogen and oxygen atoms in total. The average molecular weight is 842 g/mol. The summed E-state index contributed by atoms with van der Waals surface area (Å²) in [7, 11) is 0. The number of urea groups is 1. The number of amides is 5. The van der Waals surface area contributed by atoms with E-state index in [1.807, 2.05) is 0 Å². The van der Waals surface area contributed by atoms with Gasteiger partial charge in [-0.25, -0.2) is 28.6 Å². The number of rotatable bonds is 11. The molecule has 2 aromatic heterocycles. The maximum Gasteiger partial charge on any atom is 0.408 e. The number of halogens is 1. The molecule has 7 N–H and O–H groups in total. The summed E-state index contributed by atoms with van der Waals surface area (Å²) in [6.45, 7) is 8.27. The van der Waals surface area contributed by atoms with Crippen molar-refractivity contribution in [1.82, 2.24) is 25.5 Å². The molecule has 4 heterocycles. The Hall–Kier alpha value is -6.56. The smallest absolute Gasteiger partial charge is 0.408 e. The number of hydrogen-bond donors (Lipinski definition) is 6. The van der Waals surface area contributed by atoms with Crippen molar-refractivity contribution in [2.24, 2.45) is 5.73 Å². The molecule has 0 saturated carbocycles. The second-order valence-electron chi connectivity index (χ2n) is 16.4. The first-order valence-electron chi connectivity index (χ1n) is 20.1. The van der Waals surface area contributed by atoms with Crippen LogP contribution in [-0.2, 0) is 55.6 Å². The number of hydrogen-bond acceptors (Lipinski definition) is 11. The lowest BCUT2D eigenvalue weighted by Crippen LogP contribution is -2.46. The highest BCUT2D eigenvalue weighted by atomic mass is 19.1. The summed E-state index contributed by atoms with van der Waals surface area (Å²) in [6.07, 6.45) is -0.170. The van der Waals surface area contributed by atoms with Gasteiger partial charge in [0.1, 0.15) is 30.7 Å². The van der Waals surface area contributed by atoms with Crippen molar-refractivity contribution < 1.29 is 47.7 Å². The molecule has 4 aromatic rings. The number of primary amides is 1. The van der Waals surface area contributed by atoms with Gasteiger partial charge in [-0.1, -0.05) is 19.1 Å². The third-order valence-corrected chi connectivity index (χ3v) is 11.2. The number of fused-ring (bicyclic) bond motifs is 5. The van der Waals surface area contributed by atoms with Crippen LogP contribution >= 0.6 is 0 Å². The van der Waals surface area contributed by atoms with Crippen molar-refractivity contribution in [3.8, 4) is 11.4 Å². The zero-order chi connectivity index (χ0) is 44.0. The number of ether oxygens (including phenoxy) is 3. The molecule has 18 heteroatoms. The summed E-state index contributed by atoms with van der Waals surface area (Å²) in [6, 6.07) is 7.19. The number of nitrogens with zero attached hydrogens (tertiary/aromatic N) is 2. The predicted molar refractivity (Wildman–Crippen MR) is 219 cm³/mol. The van der Waals surface area contributed by atoms with Crippen LogP contribution in [0.4, 0.5) is 24.5 Å². The number of pyridine rings is 2. The van der Waals surface area contributed by atoms with Crippen LogP contribution in [0.15, 0.2) is 41.2 Å². The largest absolute Gasteiger partial charge is 0.458 e. The number of carbonyl (C=O) groups is 5. The van der Waals surface area contributed by atoms with E-state index in [0.717, 1.165) is 5.56 Å². The Balaban J connectivity index is 1.07. The molecule has 3 atom stereocenters. The van der Waals surface area contributed by atoms with E-state index in [1.165, 1.54) is 10.6 Å². The molecule has 0 unspecified atom stereocenters. The van der Waals surface area contributed by atoms with Crippen LogP contribution in [-0.4, -0.2) is 62.9 Å². The minimum Gasteiger partial charge on any atom is -0.458 e. The van der Waals surface area contributed by atoms with Gasteiger partial charge >= 0.3 is 24.2 Å². The number of nitrogens with one attached hydrogen (secondary N) is 4. The van der Waals surface area contributed by atoms with Crippen molar-refractivity contribution in [3.05, 3.63) is 91.5 Å². The zero-order valence-electron chi connectivity index (χ0n) is 34.5.